The summed E-state index contributed by atoms with van der Waals surface area (Å²) in [5, 5.41) is 31.7. The maximum Gasteiger partial charge on any atom is 0.343 e. The van der Waals surface area contributed by atoms with Crippen molar-refractivity contribution in [2.24, 2.45) is 0 Å². The summed E-state index contributed by atoms with van der Waals surface area (Å²) in [6.07, 6.45) is -4.26. The van der Waals surface area contributed by atoms with Crippen LogP contribution in [0, 0.1) is 0 Å². The second kappa shape index (κ2) is 16.8. The predicted molar refractivity (Wildman–Crippen MR) is 180 cm³/mol. The van der Waals surface area contributed by atoms with Gasteiger partial charge in [0.25, 0.3) is 0 Å². The van der Waals surface area contributed by atoms with E-state index in [1.807, 2.05) is 60.7 Å². The van der Waals surface area contributed by atoms with Gasteiger partial charge in [-0.2, -0.15) is 0 Å². The van der Waals surface area contributed by atoms with Crippen molar-refractivity contribution >= 4 is 40.8 Å². The lowest BCUT2D eigenvalue weighted by Gasteiger charge is -2.34. The first-order valence-corrected chi connectivity index (χ1v) is 16.8. The van der Waals surface area contributed by atoms with Crippen molar-refractivity contribution in [2.75, 3.05) is 52.1 Å². The van der Waals surface area contributed by atoms with Crippen LogP contribution in [0.25, 0.3) is 0 Å². The molecule has 14 heteroatoms. The van der Waals surface area contributed by atoms with E-state index in [0.29, 0.717) is 36.4 Å². The Balaban J connectivity index is 2.38. The van der Waals surface area contributed by atoms with Gasteiger partial charge in [-0.3, -0.25) is 9.59 Å². The zero-order valence-corrected chi connectivity index (χ0v) is 29.9. The third kappa shape index (κ3) is 11.8. The van der Waals surface area contributed by atoms with Crippen molar-refractivity contribution in [3.05, 3.63) is 28.8 Å². The number of hydrogen-bond donors (Lipinski definition) is 4. The van der Waals surface area contributed by atoms with Crippen LogP contribution >= 0.6 is 11.8 Å². The lowest BCUT2D eigenvalue weighted by Crippen LogP contribution is -2.55. The zero-order chi connectivity index (χ0) is 35.9. The Morgan fingerprint density at radius 3 is 1.94 bits per heavy atom. The Labute approximate surface area is 282 Å². The summed E-state index contributed by atoms with van der Waals surface area (Å²) in [7, 11) is 2.00. The number of carboxylic acids is 1. The number of thioether (sulfide) groups is 1. The highest BCUT2D eigenvalue weighted by atomic mass is 32.2. The number of urea groups is 1. The van der Waals surface area contributed by atoms with E-state index in [2.05, 4.69) is 10.2 Å². The molecular weight excluding hydrogens is 628 g/mol. The average molecular weight is 681 g/mol. The number of aliphatic carboxylic acids is 1. The molecule has 1 aromatic rings. The van der Waals surface area contributed by atoms with Crippen LogP contribution in [0.1, 0.15) is 72.1 Å². The Hall–Kier alpha value is -3.20. The third-order valence-corrected chi connectivity index (χ3v) is 8.70. The van der Waals surface area contributed by atoms with Crippen molar-refractivity contribution in [2.45, 2.75) is 90.9 Å². The van der Waals surface area contributed by atoms with E-state index in [9.17, 15) is 34.2 Å². The normalized spacial score (nSPS) is 16.2. The summed E-state index contributed by atoms with van der Waals surface area (Å²) in [5.41, 5.74) is 0.899. The number of benzene rings is 1. The molecule has 2 unspecified atom stereocenters. The fourth-order valence-electron chi connectivity index (χ4n) is 5.00. The van der Waals surface area contributed by atoms with Crippen LogP contribution < -0.4 is 10.1 Å². The summed E-state index contributed by atoms with van der Waals surface area (Å²) in [5.74, 6) is -2.66. The molecule has 1 aromatic carbocycles. The quantitative estimate of drug-likeness (QED) is 0.188. The van der Waals surface area contributed by atoms with Gasteiger partial charge in [-0.15, -0.1) is 0 Å². The number of carbonyl (C=O) groups excluding carboxylic acids is 4. The SMILES string of the molecule is CC(=O)SCCN(CCc1cc(C(C)(C)C)c(OC(=O)C(O)C(O)C(=O)O)c(C(C)(C)C)c1)C(=O)N[C@H](C)C(=O)N1CCN(C)CC1. The molecule has 0 bridgehead atoms. The fraction of sp³-hybridized carbons (Fsp3) is 0.667. The number of aliphatic hydroxyl groups excluding tert-OH is 2. The van der Waals surface area contributed by atoms with E-state index < -0.39 is 47.0 Å². The first-order valence-electron chi connectivity index (χ1n) is 15.8. The maximum absolute atomic E-state index is 13.5. The molecule has 3 atom stereocenters. The first-order chi connectivity index (χ1) is 21.6. The summed E-state index contributed by atoms with van der Waals surface area (Å²) < 4.78 is 5.62. The van der Waals surface area contributed by atoms with E-state index in [0.717, 1.165) is 30.4 Å². The topological polar surface area (TPSA) is 177 Å². The minimum atomic E-state index is -2.35. The van der Waals surface area contributed by atoms with Crippen LogP contribution in [-0.4, -0.2) is 129 Å². The number of piperazine rings is 1. The molecule has 13 nitrogen and oxygen atoms in total. The maximum atomic E-state index is 13.5. The number of hydrogen-bond acceptors (Lipinski definition) is 10. The van der Waals surface area contributed by atoms with Gasteiger partial charge in [-0.25, -0.2) is 14.4 Å². The zero-order valence-electron chi connectivity index (χ0n) is 29.1. The molecular formula is C33H52N4O9S. The molecule has 2 rings (SSSR count). The highest BCUT2D eigenvalue weighted by Gasteiger charge is 2.35. The Kier molecular flexibility index (Phi) is 14.3. The predicted octanol–water partition coefficient (Wildman–Crippen LogP) is 1.99. The van der Waals surface area contributed by atoms with Gasteiger partial charge in [0.2, 0.25) is 5.91 Å². The molecule has 1 saturated heterocycles. The molecule has 4 N–H and O–H groups in total. The fourth-order valence-corrected chi connectivity index (χ4v) is 5.60. The summed E-state index contributed by atoms with van der Waals surface area (Å²) in [4.78, 5) is 67.6. The lowest BCUT2D eigenvalue weighted by atomic mass is 9.78. The smallest absolute Gasteiger partial charge is 0.343 e. The van der Waals surface area contributed by atoms with Gasteiger partial charge < -0.3 is 40.1 Å². The number of amides is 3. The number of nitrogens with zero attached hydrogens (tertiary/aromatic N) is 3. The molecule has 264 valence electrons. The minimum absolute atomic E-state index is 0.0697. The molecule has 0 aromatic heterocycles. The molecule has 47 heavy (non-hydrogen) atoms. The first kappa shape index (κ1) is 40.0. The number of rotatable bonds is 12. The average Bonchev–Trinajstić information content (AvgIpc) is 2.96. The van der Waals surface area contributed by atoms with Crippen LogP contribution in [0.2, 0.25) is 0 Å². The molecule has 0 spiro atoms. The third-order valence-electron chi connectivity index (χ3n) is 7.91. The van der Waals surface area contributed by atoms with Crippen LogP contribution in [-0.2, 0) is 36.4 Å². The van der Waals surface area contributed by atoms with E-state index in [1.165, 1.54) is 6.92 Å². The molecule has 1 heterocycles. The van der Waals surface area contributed by atoms with Crippen molar-refractivity contribution in [3.8, 4) is 5.75 Å². The lowest BCUT2D eigenvalue weighted by molar-refractivity contribution is -0.164. The Bertz CT molecular complexity index is 1260. The van der Waals surface area contributed by atoms with E-state index in [4.69, 9.17) is 9.84 Å². The summed E-state index contributed by atoms with van der Waals surface area (Å²) >= 11 is 1.11. The second-order valence-electron chi connectivity index (χ2n) is 14.0. The molecule has 0 aliphatic carbocycles. The van der Waals surface area contributed by atoms with Crippen molar-refractivity contribution in [1.29, 1.82) is 0 Å². The number of carboxylic acid groups (broad SMARTS) is 1. The van der Waals surface area contributed by atoms with Crippen molar-refractivity contribution in [1.82, 2.24) is 20.0 Å². The van der Waals surface area contributed by atoms with Crippen LogP contribution in [0.15, 0.2) is 12.1 Å². The number of aliphatic hydroxyl groups is 2. The monoisotopic (exact) mass is 680 g/mol. The number of likely N-dealkylation sites (N-methyl/N-ethyl adjacent to an activating group) is 1. The van der Waals surface area contributed by atoms with Crippen LogP contribution in [0.3, 0.4) is 0 Å². The standard InChI is InChI=1S/C33H52N4O9S/c1-20(28(41)36-14-12-35(9)13-15-36)34-31(45)37(16-17-47-21(2)38)11-10-22-18-23(32(3,4)5)27(24(19-22)33(6,7)8)46-30(44)26(40)25(39)29(42)43/h18-20,25-26,39-40H,10-17H2,1-9H3,(H,34,45)(H,42,43)/t20-,25?,26?/m1/s1. The summed E-state index contributed by atoms with van der Waals surface area (Å²) in [6, 6.07) is 2.53. The Morgan fingerprint density at radius 2 is 1.47 bits per heavy atom. The molecule has 1 fully saturated rings. The van der Waals surface area contributed by atoms with E-state index in [-0.39, 0.29) is 29.9 Å². The molecule has 0 saturated carbocycles. The molecule has 1 aliphatic heterocycles. The summed E-state index contributed by atoms with van der Waals surface area (Å²) in [6.45, 7) is 17.8. The van der Waals surface area contributed by atoms with Crippen molar-refractivity contribution in [3.63, 3.8) is 0 Å². The highest BCUT2D eigenvalue weighted by molar-refractivity contribution is 8.13. The van der Waals surface area contributed by atoms with E-state index in [1.54, 1.807) is 16.7 Å². The van der Waals surface area contributed by atoms with Gasteiger partial charge in [0, 0.05) is 63.1 Å². The van der Waals surface area contributed by atoms with Crippen LogP contribution in [0.4, 0.5) is 4.79 Å². The molecule has 3 amide bonds. The van der Waals surface area contributed by atoms with Gasteiger partial charge in [0.15, 0.2) is 17.3 Å². The minimum Gasteiger partial charge on any atom is -0.479 e. The van der Waals surface area contributed by atoms with Gasteiger partial charge in [0.05, 0.1) is 0 Å². The van der Waals surface area contributed by atoms with E-state index >= 15 is 0 Å². The van der Waals surface area contributed by atoms with Gasteiger partial charge in [0.1, 0.15) is 11.8 Å². The highest BCUT2D eigenvalue weighted by Crippen LogP contribution is 2.41. The Morgan fingerprint density at radius 1 is 0.936 bits per heavy atom. The number of esters is 1. The van der Waals surface area contributed by atoms with Gasteiger partial charge in [-0.05, 0) is 36.8 Å². The number of carbonyl (C=O) groups is 5. The molecule has 0 radical (unpaired) electrons. The van der Waals surface area contributed by atoms with Crippen LogP contribution in [0.5, 0.6) is 5.75 Å². The largest absolute Gasteiger partial charge is 0.479 e. The van der Waals surface area contributed by atoms with Gasteiger partial charge >= 0.3 is 18.0 Å². The number of nitrogens with one attached hydrogen (secondary N) is 1. The van der Waals surface area contributed by atoms with Gasteiger partial charge in [-0.1, -0.05) is 65.4 Å². The second-order valence-corrected chi connectivity index (χ2v) is 15.3. The molecule has 1 aliphatic rings. The number of ether oxygens (including phenoxy) is 1. The van der Waals surface area contributed by atoms with Crippen molar-refractivity contribution < 1.29 is 44.0 Å².